The normalized spacial score (nSPS) is 15.8. The van der Waals surface area contributed by atoms with Gasteiger partial charge < -0.3 is 4.74 Å². The second-order valence-electron chi connectivity index (χ2n) is 5.31. The maximum Gasteiger partial charge on any atom is 0.340 e. The minimum atomic E-state index is -0.628. The molecular weight excluding hydrogens is 257 g/mol. The number of ether oxygens (including phenoxy) is 1. The zero-order valence-corrected chi connectivity index (χ0v) is 12.2. The molecule has 1 aromatic rings. The lowest BCUT2D eigenvalue weighted by Gasteiger charge is -2.27. The first-order valence-electron chi connectivity index (χ1n) is 7.26. The van der Waals surface area contributed by atoms with Crippen LogP contribution in [0, 0.1) is 5.82 Å². The van der Waals surface area contributed by atoms with Crippen molar-refractivity contribution in [3.8, 4) is 0 Å². The van der Waals surface area contributed by atoms with Gasteiger partial charge in [0.2, 0.25) is 0 Å². The Morgan fingerprint density at radius 1 is 1.40 bits per heavy atom. The summed E-state index contributed by atoms with van der Waals surface area (Å²) in [4.78, 5) is 13.7. The summed E-state index contributed by atoms with van der Waals surface area (Å²) in [5.41, 5.74) is 0.907. The number of benzene rings is 1. The number of carbonyl (C=O) groups is 1. The highest BCUT2D eigenvalue weighted by Crippen LogP contribution is 2.25. The molecule has 0 radical (unpaired) electrons. The van der Waals surface area contributed by atoms with Crippen molar-refractivity contribution in [1.29, 1.82) is 0 Å². The first-order valence-corrected chi connectivity index (χ1v) is 7.26. The molecule has 1 aliphatic carbocycles. The van der Waals surface area contributed by atoms with E-state index in [0.29, 0.717) is 6.04 Å². The molecule has 3 nitrogen and oxygen atoms in total. The molecule has 1 aliphatic rings. The second-order valence-corrected chi connectivity index (χ2v) is 5.31. The van der Waals surface area contributed by atoms with Crippen molar-refractivity contribution in [2.45, 2.75) is 45.2 Å². The highest BCUT2D eigenvalue weighted by molar-refractivity contribution is 5.89. The molecule has 2 rings (SSSR count). The molecule has 0 N–H and O–H groups in total. The molecule has 0 saturated heterocycles. The maximum absolute atomic E-state index is 13.9. The molecule has 0 atom stereocenters. The van der Waals surface area contributed by atoms with E-state index in [0.717, 1.165) is 18.7 Å². The Hall–Kier alpha value is -1.42. The number of methoxy groups -OCH3 is 1. The lowest BCUT2D eigenvalue weighted by atomic mass is 10.1. The van der Waals surface area contributed by atoms with Crippen molar-refractivity contribution >= 4 is 5.97 Å². The van der Waals surface area contributed by atoms with Crippen LogP contribution in [0.1, 0.15) is 48.5 Å². The Balaban J connectivity index is 2.08. The number of esters is 1. The molecule has 1 fully saturated rings. The summed E-state index contributed by atoms with van der Waals surface area (Å²) in [6.45, 7) is 3.84. The monoisotopic (exact) mass is 279 g/mol. The van der Waals surface area contributed by atoms with Crippen LogP contribution in [0.3, 0.4) is 0 Å². The summed E-state index contributed by atoms with van der Waals surface area (Å²) >= 11 is 0. The van der Waals surface area contributed by atoms with Crippen LogP contribution in [0.4, 0.5) is 4.39 Å². The first-order chi connectivity index (χ1) is 9.65. The van der Waals surface area contributed by atoms with E-state index in [-0.39, 0.29) is 5.56 Å². The molecule has 1 saturated carbocycles. The Morgan fingerprint density at radius 3 is 2.65 bits per heavy atom. The highest BCUT2D eigenvalue weighted by atomic mass is 19.1. The lowest BCUT2D eigenvalue weighted by molar-refractivity contribution is 0.0595. The van der Waals surface area contributed by atoms with Gasteiger partial charge in [-0.2, -0.15) is 0 Å². The predicted octanol–water partition coefficient (Wildman–Crippen LogP) is 3.38. The highest BCUT2D eigenvalue weighted by Gasteiger charge is 2.22. The summed E-state index contributed by atoms with van der Waals surface area (Å²) in [6, 6.07) is 5.39. The standard InChI is InChI=1S/C16H22FNO2/c1-3-18(13-6-4-5-7-13)11-12-8-9-14(15(17)10-12)16(19)20-2/h8-10,13H,3-7,11H2,1-2H3. The minimum absolute atomic E-state index is 0.000153. The summed E-state index contributed by atoms with van der Waals surface area (Å²) in [5, 5.41) is 0. The Labute approximate surface area is 119 Å². The summed E-state index contributed by atoms with van der Waals surface area (Å²) in [6.07, 6.45) is 5.04. The minimum Gasteiger partial charge on any atom is -0.465 e. The van der Waals surface area contributed by atoms with Gasteiger partial charge in [0.25, 0.3) is 0 Å². The van der Waals surface area contributed by atoms with Gasteiger partial charge in [-0.3, -0.25) is 4.90 Å². The van der Waals surface area contributed by atoms with E-state index in [9.17, 15) is 9.18 Å². The van der Waals surface area contributed by atoms with Crippen LogP contribution in [0.15, 0.2) is 18.2 Å². The van der Waals surface area contributed by atoms with Crippen LogP contribution in [-0.2, 0) is 11.3 Å². The van der Waals surface area contributed by atoms with Gasteiger partial charge in [-0.05, 0) is 37.1 Å². The van der Waals surface area contributed by atoms with Crippen molar-refractivity contribution in [3.05, 3.63) is 35.1 Å². The van der Waals surface area contributed by atoms with Gasteiger partial charge >= 0.3 is 5.97 Å². The van der Waals surface area contributed by atoms with Gasteiger partial charge in [-0.15, -0.1) is 0 Å². The van der Waals surface area contributed by atoms with Gasteiger partial charge in [0.15, 0.2) is 0 Å². The quantitative estimate of drug-likeness (QED) is 0.774. The average molecular weight is 279 g/mol. The van der Waals surface area contributed by atoms with Crippen LogP contribution in [0.2, 0.25) is 0 Å². The van der Waals surface area contributed by atoms with E-state index in [1.54, 1.807) is 0 Å². The largest absolute Gasteiger partial charge is 0.465 e. The number of hydrogen-bond donors (Lipinski definition) is 0. The van der Waals surface area contributed by atoms with E-state index in [2.05, 4.69) is 16.6 Å². The SMILES string of the molecule is CCN(Cc1ccc(C(=O)OC)c(F)c1)C1CCCC1. The predicted molar refractivity (Wildman–Crippen MR) is 76.1 cm³/mol. The average Bonchev–Trinajstić information content (AvgIpc) is 2.98. The van der Waals surface area contributed by atoms with Gasteiger partial charge in [0.1, 0.15) is 5.82 Å². The molecule has 0 spiro atoms. The van der Waals surface area contributed by atoms with Crippen LogP contribution >= 0.6 is 0 Å². The fourth-order valence-electron chi connectivity index (χ4n) is 2.94. The van der Waals surface area contributed by atoms with Crippen molar-refractivity contribution in [3.63, 3.8) is 0 Å². The van der Waals surface area contributed by atoms with Gasteiger partial charge in [0, 0.05) is 12.6 Å². The topological polar surface area (TPSA) is 29.5 Å². The Kier molecular flexibility index (Phi) is 5.12. The first kappa shape index (κ1) is 15.0. The van der Waals surface area contributed by atoms with Gasteiger partial charge in [-0.1, -0.05) is 25.8 Å². The fraction of sp³-hybridized carbons (Fsp3) is 0.562. The summed E-state index contributed by atoms with van der Waals surface area (Å²) < 4.78 is 18.5. The number of hydrogen-bond acceptors (Lipinski definition) is 3. The fourth-order valence-corrected chi connectivity index (χ4v) is 2.94. The molecule has 0 bridgehead atoms. The number of carbonyl (C=O) groups excluding carboxylic acids is 1. The van der Waals surface area contributed by atoms with Crippen molar-refractivity contribution in [1.82, 2.24) is 4.90 Å². The molecular formula is C16H22FNO2. The Bertz CT molecular complexity index is 470. The zero-order valence-electron chi connectivity index (χ0n) is 12.2. The zero-order chi connectivity index (χ0) is 14.5. The second kappa shape index (κ2) is 6.84. The van der Waals surface area contributed by atoms with Crippen LogP contribution in [0.25, 0.3) is 0 Å². The molecule has 1 aromatic carbocycles. The molecule has 4 heteroatoms. The molecule has 0 amide bonds. The number of halogens is 1. The van der Waals surface area contributed by atoms with Crippen molar-refractivity contribution < 1.29 is 13.9 Å². The van der Waals surface area contributed by atoms with E-state index < -0.39 is 11.8 Å². The van der Waals surface area contributed by atoms with Crippen LogP contribution in [-0.4, -0.2) is 30.6 Å². The van der Waals surface area contributed by atoms with Crippen LogP contribution < -0.4 is 0 Å². The van der Waals surface area contributed by atoms with Crippen molar-refractivity contribution in [2.24, 2.45) is 0 Å². The third kappa shape index (κ3) is 3.37. The lowest BCUT2D eigenvalue weighted by Crippen LogP contribution is -2.32. The van der Waals surface area contributed by atoms with Crippen molar-refractivity contribution in [2.75, 3.05) is 13.7 Å². The molecule has 0 aliphatic heterocycles. The molecule has 0 heterocycles. The number of nitrogens with zero attached hydrogens (tertiary/aromatic N) is 1. The van der Waals surface area contributed by atoms with E-state index in [1.807, 2.05) is 6.07 Å². The molecule has 0 aromatic heterocycles. The third-order valence-corrected chi connectivity index (χ3v) is 4.07. The molecule has 110 valence electrons. The van der Waals surface area contributed by atoms with Gasteiger partial charge in [0.05, 0.1) is 12.7 Å². The van der Waals surface area contributed by atoms with E-state index >= 15 is 0 Å². The third-order valence-electron chi connectivity index (χ3n) is 4.07. The molecule has 0 unspecified atom stereocenters. The summed E-state index contributed by atoms with van der Waals surface area (Å²) in [7, 11) is 1.26. The molecule has 20 heavy (non-hydrogen) atoms. The number of rotatable bonds is 5. The van der Waals surface area contributed by atoms with E-state index in [1.165, 1.54) is 44.9 Å². The Morgan fingerprint density at radius 2 is 2.10 bits per heavy atom. The smallest absolute Gasteiger partial charge is 0.340 e. The summed E-state index contributed by atoms with van der Waals surface area (Å²) in [5.74, 6) is -1.13. The maximum atomic E-state index is 13.9. The van der Waals surface area contributed by atoms with Gasteiger partial charge in [-0.25, -0.2) is 9.18 Å². The van der Waals surface area contributed by atoms with E-state index in [4.69, 9.17) is 0 Å². The van der Waals surface area contributed by atoms with Crippen LogP contribution in [0.5, 0.6) is 0 Å².